The van der Waals surface area contributed by atoms with Crippen LogP contribution in [0.15, 0.2) is 65.8 Å². The van der Waals surface area contributed by atoms with E-state index in [1.54, 1.807) is 49.4 Å². The van der Waals surface area contributed by atoms with E-state index in [-0.39, 0.29) is 22.2 Å². The summed E-state index contributed by atoms with van der Waals surface area (Å²) in [5.74, 6) is -1.95. The molecule has 0 spiro atoms. The van der Waals surface area contributed by atoms with Crippen molar-refractivity contribution in [3.63, 3.8) is 0 Å². The van der Waals surface area contributed by atoms with Crippen LogP contribution in [0, 0.1) is 6.92 Å². The van der Waals surface area contributed by atoms with Gasteiger partial charge in [0.2, 0.25) is 0 Å². The van der Waals surface area contributed by atoms with Crippen LogP contribution < -0.4 is 5.32 Å². The molecule has 1 aliphatic rings. The number of carbonyl (C=O) groups excluding carboxylic acids is 3. The molecule has 0 bridgehead atoms. The van der Waals surface area contributed by atoms with Crippen molar-refractivity contribution in [2.24, 2.45) is 0 Å². The van der Waals surface area contributed by atoms with E-state index in [0.29, 0.717) is 11.1 Å². The first-order valence-electron chi connectivity index (χ1n) is 13.1. The highest BCUT2D eigenvalue weighted by atomic mass is 32.2. The number of ether oxygens (including phenoxy) is 3. The van der Waals surface area contributed by atoms with Gasteiger partial charge in [-0.3, -0.25) is 18.6 Å². The maximum atomic E-state index is 13.3. The number of hydrogen-bond acceptors (Lipinski definition) is 12. The largest absolute Gasteiger partial charge is 0.463 e. The van der Waals surface area contributed by atoms with Crippen molar-refractivity contribution in [2.75, 3.05) is 11.9 Å². The van der Waals surface area contributed by atoms with Crippen LogP contribution in [0.4, 0.5) is 5.82 Å². The Labute approximate surface area is 245 Å². The summed E-state index contributed by atoms with van der Waals surface area (Å²) in [7, 11) is -4.41. The second kappa shape index (κ2) is 12.2. The number of nitrogens with zero attached hydrogens (tertiary/aromatic N) is 3. The molecule has 3 heterocycles. The van der Waals surface area contributed by atoms with Gasteiger partial charge in [-0.25, -0.2) is 15.0 Å². The minimum absolute atomic E-state index is 0.0460. The van der Waals surface area contributed by atoms with Crippen LogP contribution in [-0.4, -0.2) is 71.1 Å². The third kappa shape index (κ3) is 6.69. The molecule has 14 nitrogen and oxygen atoms in total. The van der Waals surface area contributed by atoms with Gasteiger partial charge >= 0.3 is 11.9 Å². The van der Waals surface area contributed by atoms with Gasteiger partial charge in [0, 0.05) is 19.4 Å². The Bertz CT molecular complexity index is 1760. The molecule has 2 N–H and O–H groups in total. The maximum Gasteiger partial charge on any atom is 0.303 e. The zero-order chi connectivity index (χ0) is 30.7. The summed E-state index contributed by atoms with van der Waals surface area (Å²) < 4.78 is 48.9. The van der Waals surface area contributed by atoms with E-state index in [2.05, 4.69) is 25.3 Å². The quantitative estimate of drug-likeness (QED) is 0.209. The molecule has 224 valence electrons. The van der Waals surface area contributed by atoms with E-state index < -0.39 is 59.0 Å². The minimum Gasteiger partial charge on any atom is -0.463 e. The highest BCUT2D eigenvalue weighted by Crippen LogP contribution is 2.39. The van der Waals surface area contributed by atoms with E-state index in [0.717, 1.165) is 12.5 Å². The number of esters is 2. The van der Waals surface area contributed by atoms with Gasteiger partial charge in [0.1, 0.15) is 24.3 Å². The molecular formula is C28H27N5O9S. The highest BCUT2D eigenvalue weighted by Gasteiger charge is 2.52. The Morgan fingerprint density at radius 1 is 0.977 bits per heavy atom. The fraction of sp³-hybridized carbons (Fsp3) is 0.286. The lowest BCUT2D eigenvalue weighted by Gasteiger charge is -2.23. The second-order valence-electron chi connectivity index (χ2n) is 9.65. The van der Waals surface area contributed by atoms with Gasteiger partial charge in [-0.05, 0) is 31.2 Å². The van der Waals surface area contributed by atoms with Crippen LogP contribution in [0.5, 0.6) is 0 Å². The average Bonchev–Trinajstić information content (AvgIpc) is 3.57. The number of benzene rings is 2. The SMILES string of the molecule is CC(=O)OC[C@H]1O[C@@H](c2nc(NC(=O)c3ccccc3)c3[nH]cnc3n2)[C@H](OC(C)=O)[C@H]1OS(=O)(=O)c1ccc(C)cc1. The molecular weight excluding hydrogens is 582 g/mol. The molecule has 0 saturated carbocycles. The Kier molecular flexibility index (Phi) is 8.47. The summed E-state index contributed by atoms with van der Waals surface area (Å²) in [4.78, 5) is 52.6. The van der Waals surface area contributed by atoms with Crippen molar-refractivity contribution in [1.29, 1.82) is 0 Å². The van der Waals surface area contributed by atoms with Crippen LogP contribution in [0.3, 0.4) is 0 Å². The number of aromatic amines is 1. The molecule has 4 atom stereocenters. The Hall–Kier alpha value is -4.73. The molecule has 2 aromatic heterocycles. The van der Waals surface area contributed by atoms with Gasteiger partial charge in [0.25, 0.3) is 16.0 Å². The lowest BCUT2D eigenvalue weighted by atomic mass is 10.1. The van der Waals surface area contributed by atoms with Crippen molar-refractivity contribution >= 4 is 44.9 Å². The number of fused-ring (bicyclic) bond motifs is 1. The summed E-state index contributed by atoms with van der Waals surface area (Å²) in [6.45, 7) is 3.67. The Morgan fingerprint density at radius 2 is 1.70 bits per heavy atom. The van der Waals surface area contributed by atoms with E-state index >= 15 is 0 Å². The molecule has 1 fully saturated rings. The number of imidazole rings is 1. The summed E-state index contributed by atoms with van der Waals surface area (Å²) >= 11 is 0. The summed E-state index contributed by atoms with van der Waals surface area (Å²) in [6.07, 6.45) is -4.06. The molecule has 1 saturated heterocycles. The Morgan fingerprint density at radius 3 is 2.37 bits per heavy atom. The van der Waals surface area contributed by atoms with Gasteiger partial charge in [0.15, 0.2) is 29.5 Å². The second-order valence-corrected chi connectivity index (χ2v) is 11.2. The first-order valence-corrected chi connectivity index (χ1v) is 14.5. The summed E-state index contributed by atoms with van der Waals surface area (Å²) in [5.41, 5.74) is 1.64. The number of rotatable bonds is 9. The zero-order valence-corrected chi connectivity index (χ0v) is 24.0. The molecule has 1 aliphatic heterocycles. The van der Waals surface area contributed by atoms with Gasteiger partial charge in [0.05, 0.1) is 11.2 Å². The van der Waals surface area contributed by atoms with Crippen molar-refractivity contribution < 1.29 is 41.2 Å². The summed E-state index contributed by atoms with van der Waals surface area (Å²) in [5, 5.41) is 2.71. The number of anilines is 1. The third-order valence-corrected chi connectivity index (χ3v) is 7.76. The van der Waals surface area contributed by atoms with Crippen molar-refractivity contribution in [1.82, 2.24) is 19.9 Å². The molecule has 15 heteroatoms. The molecule has 5 rings (SSSR count). The van der Waals surface area contributed by atoms with E-state index in [1.807, 2.05) is 0 Å². The van der Waals surface area contributed by atoms with Crippen LogP contribution in [0.2, 0.25) is 0 Å². The lowest BCUT2D eigenvalue weighted by molar-refractivity contribution is -0.152. The van der Waals surface area contributed by atoms with Crippen LogP contribution in [0.25, 0.3) is 11.2 Å². The van der Waals surface area contributed by atoms with Crippen LogP contribution in [-0.2, 0) is 38.1 Å². The first-order chi connectivity index (χ1) is 20.5. The van der Waals surface area contributed by atoms with E-state index in [1.165, 1.54) is 25.4 Å². The number of carbonyl (C=O) groups is 3. The number of aryl methyl sites for hydroxylation is 1. The predicted molar refractivity (Wildman–Crippen MR) is 149 cm³/mol. The number of amides is 1. The number of nitrogens with one attached hydrogen (secondary N) is 2. The smallest absolute Gasteiger partial charge is 0.303 e. The third-order valence-electron chi connectivity index (χ3n) is 6.44. The van der Waals surface area contributed by atoms with Crippen LogP contribution in [0.1, 0.15) is 41.7 Å². The number of hydrogen-bond donors (Lipinski definition) is 2. The monoisotopic (exact) mass is 609 g/mol. The fourth-order valence-corrected chi connectivity index (χ4v) is 5.56. The number of H-pyrrole nitrogens is 1. The van der Waals surface area contributed by atoms with Gasteiger partial charge in [-0.15, -0.1) is 0 Å². The average molecular weight is 610 g/mol. The zero-order valence-electron chi connectivity index (χ0n) is 23.2. The minimum atomic E-state index is -4.41. The molecule has 4 aromatic rings. The molecule has 0 aliphatic carbocycles. The van der Waals surface area contributed by atoms with E-state index in [9.17, 15) is 22.8 Å². The normalized spacial score (nSPS) is 20.1. The summed E-state index contributed by atoms with van der Waals surface area (Å²) in [6, 6.07) is 14.4. The fourth-order valence-electron chi connectivity index (χ4n) is 4.45. The molecule has 2 aromatic carbocycles. The first kappa shape index (κ1) is 29.8. The van der Waals surface area contributed by atoms with Crippen molar-refractivity contribution in [3.8, 4) is 0 Å². The highest BCUT2D eigenvalue weighted by molar-refractivity contribution is 7.86. The standard InChI is InChI=1S/C28H27N5O9S/c1-15-9-11-19(12-10-15)43(37,38)42-22-20(13-39-16(2)34)41-24(23(22)40-17(3)35)27-31-25-21(29-14-30-25)26(32-27)33-28(36)18-7-5-4-6-8-18/h4-12,14,20,22-24H,13H2,1-3H3,(H2,29,30,31,32,33,36)/t20-,22+,23-,24-/m1/s1. The van der Waals surface area contributed by atoms with Gasteiger partial charge < -0.3 is 24.5 Å². The van der Waals surface area contributed by atoms with Crippen LogP contribution >= 0.6 is 0 Å². The van der Waals surface area contributed by atoms with Gasteiger partial charge in [-0.1, -0.05) is 35.9 Å². The topological polar surface area (TPSA) is 189 Å². The molecule has 0 unspecified atom stereocenters. The van der Waals surface area contributed by atoms with Gasteiger partial charge in [-0.2, -0.15) is 8.42 Å². The molecule has 43 heavy (non-hydrogen) atoms. The van der Waals surface area contributed by atoms with E-state index in [4.69, 9.17) is 18.4 Å². The van der Waals surface area contributed by atoms with Crippen molar-refractivity contribution in [2.45, 2.75) is 50.1 Å². The Balaban J connectivity index is 1.54. The lowest BCUT2D eigenvalue weighted by Crippen LogP contribution is -2.40. The molecule has 1 amide bonds. The molecule has 0 radical (unpaired) electrons. The maximum absolute atomic E-state index is 13.3. The predicted octanol–water partition coefficient (Wildman–Crippen LogP) is 2.62. The van der Waals surface area contributed by atoms with Crippen molar-refractivity contribution in [3.05, 3.63) is 77.9 Å². The number of aromatic nitrogens is 4.